The summed E-state index contributed by atoms with van der Waals surface area (Å²) in [6.07, 6.45) is 0.158. The van der Waals surface area contributed by atoms with E-state index in [9.17, 15) is 14.0 Å². The lowest BCUT2D eigenvalue weighted by atomic mass is 10.1. The molecule has 1 aromatic carbocycles. The Morgan fingerprint density at radius 2 is 1.88 bits per heavy atom. The fourth-order valence-corrected chi connectivity index (χ4v) is 3.54. The van der Waals surface area contributed by atoms with E-state index in [4.69, 9.17) is 4.74 Å². The van der Waals surface area contributed by atoms with Gasteiger partial charge in [-0.3, -0.25) is 9.59 Å². The lowest BCUT2D eigenvalue weighted by Crippen LogP contribution is -2.16. The summed E-state index contributed by atoms with van der Waals surface area (Å²) in [7, 11) is 0. The molecule has 0 amide bonds. The van der Waals surface area contributed by atoms with Gasteiger partial charge < -0.3 is 9.30 Å². The van der Waals surface area contributed by atoms with Crippen molar-refractivity contribution in [3.05, 3.63) is 75.5 Å². The molecule has 0 aliphatic carbocycles. The molecule has 2 heterocycles. The predicted molar refractivity (Wildman–Crippen MR) is 98.5 cm³/mol. The van der Waals surface area contributed by atoms with Crippen molar-refractivity contribution in [2.24, 2.45) is 0 Å². The fraction of sp³-hybridized carbons (Fsp3) is 0.200. The highest BCUT2D eigenvalue weighted by atomic mass is 32.1. The van der Waals surface area contributed by atoms with Crippen LogP contribution >= 0.6 is 11.3 Å². The van der Waals surface area contributed by atoms with E-state index in [1.54, 1.807) is 18.2 Å². The molecule has 134 valence electrons. The number of esters is 1. The molecule has 0 bridgehead atoms. The van der Waals surface area contributed by atoms with Gasteiger partial charge >= 0.3 is 5.97 Å². The van der Waals surface area contributed by atoms with Gasteiger partial charge in [-0.05, 0) is 66.6 Å². The minimum absolute atomic E-state index is 0.158. The van der Waals surface area contributed by atoms with Crippen molar-refractivity contribution in [2.75, 3.05) is 6.61 Å². The molecule has 4 nitrogen and oxygen atoms in total. The Labute approximate surface area is 154 Å². The molecule has 0 radical (unpaired) electrons. The maximum absolute atomic E-state index is 13.1. The molecule has 0 spiro atoms. The van der Waals surface area contributed by atoms with Crippen molar-refractivity contribution >= 4 is 23.1 Å². The fourth-order valence-electron chi connectivity index (χ4n) is 2.87. The Hall–Kier alpha value is -2.73. The summed E-state index contributed by atoms with van der Waals surface area (Å²) in [6, 6.07) is 9.68. The minimum Gasteiger partial charge on any atom is -0.457 e. The number of hydrogen-bond acceptors (Lipinski definition) is 4. The Kier molecular flexibility index (Phi) is 5.32. The first-order valence-corrected chi connectivity index (χ1v) is 9.05. The summed E-state index contributed by atoms with van der Waals surface area (Å²) in [5.74, 6) is -1.00. The van der Waals surface area contributed by atoms with Gasteiger partial charge in [0, 0.05) is 22.6 Å². The smallest absolute Gasteiger partial charge is 0.310 e. The minimum atomic E-state index is -0.427. The van der Waals surface area contributed by atoms with Crippen molar-refractivity contribution in [3.8, 4) is 5.69 Å². The summed E-state index contributed by atoms with van der Waals surface area (Å²) < 4.78 is 20.1. The maximum Gasteiger partial charge on any atom is 0.310 e. The van der Waals surface area contributed by atoms with Crippen molar-refractivity contribution in [2.45, 2.75) is 20.3 Å². The molecule has 3 rings (SSSR count). The van der Waals surface area contributed by atoms with Crippen LogP contribution in [0.15, 0.2) is 47.2 Å². The van der Waals surface area contributed by atoms with Gasteiger partial charge in [0.1, 0.15) is 5.82 Å². The highest BCUT2D eigenvalue weighted by Crippen LogP contribution is 2.21. The number of Topliss-reactive ketones (excluding diaryl/α,β-unsaturated/α-hetero) is 1. The van der Waals surface area contributed by atoms with Gasteiger partial charge in [-0.25, -0.2) is 4.39 Å². The SMILES string of the molecule is Cc1cc(C(=O)COC(=O)Cc2ccsc2)c(C)n1-c1ccc(F)cc1. The molecule has 0 fully saturated rings. The number of benzene rings is 1. The molecule has 26 heavy (non-hydrogen) atoms. The second-order valence-corrected chi connectivity index (χ2v) is 6.77. The number of thiophene rings is 1. The molecular weight excluding hydrogens is 353 g/mol. The van der Waals surface area contributed by atoms with Crippen LogP contribution in [0.3, 0.4) is 0 Å². The second-order valence-electron chi connectivity index (χ2n) is 5.99. The third kappa shape index (κ3) is 3.91. The van der Waals surface area contributed by atoms with Crippen molar-refractivity contribution < 1.29 is 18.7 Å². The van der Waals surface area contributed by atoms with Crippen LogP contribution < -0.4 is 0 Å². The summed E-state index contributed by atoms with van der Waals surface area (Å²) in [5, 5.41) is 3.76. The molecule has 6 heteroatoms. The summed E-state index contributed by atoms with van der Waals surface area (Å²) >= 11 is 1.51. The molecule has 2 aromatic heterocycles. The number of hydrogen-bond donors (Lipinski definition) is 0. The first-order chi connectivity index (χ1) is 12.5. The number of carbonyl (C=O) groups is 2. The number of rotatable bonds is 6. The normalized spacial score (nSPS) is 10.7. The van der Waals surface area contributed by atoms with Crippen molar-refractivity contribution in [3.63, 3.8) is 0 Å². The van der Waals surface area contributed by atoms with Gasteiger partial charge in [0.25, 0.3) is 0 Å². The topological polar surface area (TPSA) is 48.3 Å². The van der Waals surface area contributed by atoms with Gasteiger partial charge in [0.2, 0.25) is 5.78 Å². The molecule has 0 N–H and O–H groups in total. The van der Waals surface area contributed by atoms with E-state index in [1.807, 2.05) is 35.2 Å². The van der Waals surface area contributed by atoms with Crippen LogP contribution in [0.2, 0.25) is 0 Å². The highest BCUT2D eigenvalue weighted by molar-refractivity contribution is 7.08. The van der Waals surface area contributed by atoms with E-state index in [1.165, 1.54) is 23.5 Å². The molecule has 0 saturated carbocycles. The number of ketones is 1. The molecule has 0 aliphatic heterocycles. The first kappa shape index (κ1) is 18.1. The van der Waals surface area contributed by atoms with Crippen LogP contribution in [0.1, 0.15) is 27.3 Å². The molecule has 0 aliphatic rings. The van der Waals surface area contributed by atoms with Gasteiger partial charge in [-0.2, -0.15) is 11.3 Å². The van der Waals surface area contributed by atoms with Crippen LogP contribution in [-0.2, 0) is 16.0 Å². The summed E-state index contributed by atoms with van der Waals surface area (Å²) in [5.41, 5.74) is 3.72. The second kappa shape index (κ2) is 7.66. The van der Waals surface area contributed by atoms with E-state index < -0.39 is 5.97 Å². The number of ether oxygens (including phenoxy) is 1. The Morgan fingerprint density at radius 3 is 2.54 bits per heavy atom. The molecular formula is C20H18FNO3S. The predicted octanol–water partition coefficient (Wildman–Crippen LogP) is 4.26. The zero-order valence-corrected chi connectivity index (χ0v) is 15.3. The van der Waals surface area contributed by atoms with Gasteiger partial charge in [0.15, 0.2) is 6.61 Å². The van der Waals surface area contributed by atoms with Crippen LogP contribution in [0.4, 0.5) is 4.39 Å². The summed E-state index contributed by atoms with van der Waals surface area (Å²) in [4.78, 5) is 24.3. The first-order valence-electron chi connectivity index (χ1n) is 8.10. The van der Waals surface area contributed by atoms with Gasteiger partial charge in [-0.15, -0.1) is 0 Å². The number of halogens is 1. The van der Waals surface area contributed by atoms with E-state index in [0.717, 1.165) is 22.6 Å². The lowest BCUT2D eigenvalue weighted by Gasteiger charge is -2.10. The third-order valence-corrected chi connectivity index (χ3v) is 4.84. The zero-order chi connectivity index (χ0) is 18.7. The Bertz CT molecular complexity index is 927. The molecule has 0 atom stereocenters. The molecule has 0 unspecified atom stereocenters. The average Bonchev–Trinajstić information content (AvgIpc) is 3.22. The van der Waals surface area contributed by atoms with Crippen LogP contribution in [-0.4, -0.2) is 22.9 Å². The van der Waals surface area contributed by atoms with E-state index >= 15 is 0 Å². The van der Waals surface area contributed by atoms with Crippen molar-refractivity contribution in [1.29, 1.82) is 0 Å². The van der Waals surface area contributed by atoms with E-state index in [0.29, 0.717) is 5.56 Å². The van der Waals surface area contributed by atoms with Crippen molar-refractivity contribution in [1.82, 2.24) is 4.57 Å². The number of carbonyl (C=O) groups excluding carboxylic acids is 2. The van der Waals surface area contributed by atoms with Crippen LogP contribution in [0.25, 0.3) is 5.69 Å². The number of aryl methyl sites for hydroxylation is 1. The van der Waals surface area contributed by atoms with Crippen LogP contribution in [0.5, 0.6) is 0 Å². The third-order valence-electron chi connectivity index (χ3n) is 4.11. The number of nitrogens with zero attached hydrogens (tertiary/aromatic N) is 1. The lowest BCUT2D eigenvalue weighted by molar-refractivity contribution is -0.141. The average molecular weight is 371 g/mol. The van der Waals surface area contributed by atoms with Gasteiger partial charge in [0.05, 0.1) is 6.42 Å². The highest BCUT2D eigenvalue weighted by Gasteiger charge is 2.18. The maximum atomic E-state index is 13.1. The summed E-state index contributed by atoms with van der Waals surface area (Å²) in [6.45, 7) is 3.39. The largest absolute Gasteiger partial charge is 0.457 e. The van der Waals surface area contributed by atoms with Crippen LogP contribution in [0, 0.1) is 19.7 Å². The monoisotopic (exact) mass is 371 g/mol. The standard InChI is InChI=1S/C20H18FNO3S/c1-13-9-18(14(2)22(13)17-5-3-16(21)4-6-17)19(23)11-25-20(24)10-15-7-8-26-12-15/h3-9,12H,10-11H2,1-2H3. The van der Waals surface area contributed by atoms with Gasteiger partial charge in [-0.1, -0.05) is 0 Å². The van der Waals surface area contributed by atoms with E-state index in [-0.39, 0.29) is 24.6 Å². The number of aromatic nitrogens is 1. The zero-order valence-electron chi connectivity index (χ0n) is 14.5. The quantitative estimate of drug-likeness (QED) is 0.480. The molecule has 0 saturated heterocycles. The molecule has 3 aromatic rings. The Balaban J connectivity index is 1.71. The Morgan fingerprint density at radius 1 is 1.15 bits per heavy atom. The van der Waals surface area contributed by atoms with E-state index in [2.05, 4.69) is 0 Å².